The summed E-state index contributed by atoms with van der Waals surface area (Å²) in [5.41, 5.74) is 3.00. The molecule has 0 radical (unpaired) electrons. The van der Waals surface area contributed by atoms with Crippen LogP contribution in [0, 0.1) is 0 Å². The number of H-pyrrole nitrogens is 1. The van der Waals surface area contributed by atoms with Crippen molar-refractivity contribution in [1.29, 1.82) is 0 Å². The number of hydrogen-bond donors (Lipinski definition) is 4. The number of aromatic nitrogens is 2. The molecule has 10 nitrogen and oxygen atoms in total. The maximum absolute atomic E-state index is 12.7. The van der Waals surface area contributed by atoms with Gasteiger partial charge in [-0.05, 0) is 55.2 Å². The number of alkyl halides is 3. The summed E-state index contributed by atoms with van der Waals surface area (Å²) >= 11 is 0. The van der Waals surface area contributed by atoms with E-state index in [0.717, 1.165) is 16.5 Å². The van der Waals surface area contributed by atoms with Crippen molar-refractivity contribution in [3.63, 3.8) is 0 Å². The second-order valence-electron chi connectivity index (χ2n) is 8.40. The number of halogens is 3. The van der Waals surface area contributed by atoms with Crippen molar-refractivity contribution in [3.8, 4) is 11.1 Å². The number of pyridine rings is 1. The highest BCUT2D eigenvalue weighted by molar-refractivity contribution is 7.91. The average molecular weight is 564 g/mol. The van der Waals surface area contributed by atoms with Gasteiger partial charge in [-0.25, -0.2) is 31.3 Å². The number of nitrogens with one attached hydrogen (secondary N) is 2. The number of sulfone groups is 1. The first-order chi connectivity index (χ1) is 17.1. The van der Waals surface area contributed by atoms with E-state index in [1.54, 1.807) is 25.3 Å². The fraction of sp³-hybridized carbons (Fsp3) is 0.364. The van der Waals surface area contributed by atoms with Gasteiger partial charge in [0.15, 0.2) is 0 Å². The fourth-order valence-corrected chi connectivity index (χ4v) is 6.43. The molecule has 1 aliphatic heterocycles. The van der Waals surface area contributed by atoms with Gasteiger partial charge >= 0.3 is 12.1 Å². The van der Waals surface area contributed by atoms with Crippen LogP contribution in [-0.2, 0) is 24.7 Å². The summed E-state index contributed by atoms with van der Waals surface area (Å²) < 4.78 is 82.8. The summed E-state index contributed by atoms with van der Waals surface area (Å²) in [7, 11) is -6.79. The topological polar surface area (TPSA) is 167 Å². The average Bonchev–Trinajstić information content (AvgIpc) is 3.25. The Morgan fingerprint density at radius 2 is 1.73 bits per heavy atom. The molecule has 0 saturated carbocycles. The molecular formula is C22H24F3N3O7S2. The number of carboxylic acids is 1. The Balaban J connectivity index is 0.000000479. The standard InChI is InChI=1S/C20H23N3O5S2.C2HF3O2/c1-13(24)19-12-18-17(6-9-21-20(18)22-19)14-2-4-16(5-3-14)30(27,28)23-15-7-10-29(25,26)11-8-15;3-2(4,5)1(6)7/h2-6,9,12-13,15,23-24H,7-8,10-11H2,1H3,(H,21,22);(H,6,7). The first-order valence-electron chi connectivity index (χ1n) is 10.9. The van der Waals surface area contributed by atoms with Crippen molar-refractivity contribution in [2.75, 3.05) is 11.5 Å². The van der Waals surface area contributed by atoms with Crippen molar-refractivity contribution >= 4 is 36.9 Å². The van der Waals surface area contributed by atoms with E-state index in [2.05, 4.69) is 14.7 Å². The van der Waals surface area contributed by atoms with Crippen molar-refractivity contribution < 1.29 is 45.0 Å². The molecule has 4 rings (SSSR count). The van der Waals surface area contributed by atoms with E-state index >= 15 is 0 Å². The Hall–Kier alpha value is -3.01. The molecule has 3 aromatic rings. The fourth-order valence-electron chi connectivity index (χ4n) is 3.63. The number of rotatable bonds is 5. The van der Waals surface area contributed by atoms with Gasteiger partial charge in [-0.2, -0.15) is 13.2 Å². The summed E-state index contributed by atoms with van der Waals surface area (Å²) in [5, 5.41) is 17.8. The minimum absolute atomic E-state index is 0.00226. The number of benzene rings is 1. The molecule has 0 amide bonds. The van der Waals surface area contributed by atoms with Gasteiger partial charge in [-0.3, -0.25) is 0 Å². The van der Waals surface area contributed by atoms with Crippen LogP contribution in [0.1, 0.15) is 31.6 Å². The summed E-state index contributed by atoms with van der Waals surface area (Å²) in [6.07, 6.45) is -3.51. The lowest BCUT2D eigenvalue weighted by atomic mass is 10.0. The monoisotopic (exact) mass is 563 g/mol. The molecular weight excluding hydrogens is 539 g/mol. The third kappa shape index (κ3) is 7.28. The highest BCUT2D eigenvalue weighted by Crippen LogP contribution is 2.30. The number of aliphatic hydroxyl groups is 1. The van der Waals surface area contributed by atoms with Gasteiger partial charge in [0.05, 0.1) is 22.5 Å². The molecule has 0 aliphatic carbocycles. The number of aromatic amines is 1. The Kier molecular flexibility index (Phi) is 8.31. The molecule has 37 heavy (non-hydrogen) atoms. The van der Waals surface area contributed by atoms with Crippen LogP contribution in [0.25, 0.3) is 22.2 Å². The third-order valence-corrected chi connectivity index (χ3v) is 8.85. The number of carbonyl (C=O) groups is 1. The summed E-state index contributed by atoms with van der Waals surface area (Å²) in [6, 6.07) is 9.82. The molecule has 1 unspecified atom stereocenters. The van der Waals surface area contributed by atoms with Gasteiger partial charge in [-0.1, -0.05) is 12.1 Å². The lowest BCUT2D eigenvalue weighted by Gasteiger charge is -2.22. The maximum Gasteiger partial charge on any atom is 0.490 e. The Bertz CT molecular complexity index is 1470. The van der Waals surface area contributed by atoms with Gasteiger partial charge in [-0.15, -0.1) is 0 Å². The zero-order chi connectivity index (χ0) is 27.6. The predicted octanol–water partition coefficient (Wildman–Crippen LogP) is 2.77. The Morgan fingerprint density at radius 1 is 1.16 bits per heavy atom. The van der Waals surface area contributed by atoms with Crippen molar-refractivity contribution in [3.05, 3.63) is 48.3 Å². The van der Waals surface area contributed by atoms with Crippen LogP contribution in [0.4, 0.5) is 13.2 Å². The van der Waals surface area contributed by atoms with Gasteiger partial charge in [0.25, 0.3) is 0 Å². The minimum Gasteiger partial charge on any atom is -0.475 e. The van der Waals surface area contributed by atoms with Gasteiger partial charge in [0.2, 0.25) is 10.0 Å². The molecule has 2 aromatic heterocycles. The summed E-state index contributed by atoms with van der Waals surface area (Å²) in [6.45, 7) is 1.67. The van der Waals surface area contributed by atoms with Crippen LogP contribution in [0.3, 0.4) is 0 Å². The molecule has 1 atom stereocenters. The number of hydrogen-bond acceptors (Lipinski definition) is 7. The summed E-state index contributed by atoms with van der Waals surface area (Å²) in [4.78, 5) is 16.4. The molecule has 0 spiro atoms. The number of aliphatic carboxylic acids is 1. The van der Waals surface area contributed by atoms with E-state index in [1.165, 1.54) is 12.1 Å². The lowest BCUT2D eigenvalue weighted by Crippen LogP contribution is -2.40. The van der Waals surface area contributed by atoms with E-state index in [1.807, 2.05) is 12.1 Å². The molecule has 3 heterocycles. The van der Waals surface area contributed by atoms with Crippen molar-refractivity contribution in [1.82, 2.24) is 14.7 Å². The van der Waals surface area contributed by atoms with E-state index in [9.17, 15) is 35.1 Å². The van der Waals surface area contributed by atoms with Gasteiger partial charge < -0.3 is 15.2 Å². The van der Waals surface area contributed by atoms with Crippen LogP contribution in [0.15, 0.2) is 47.5 Å². The van der Waals surface area contributed by atoms with E-state index in [0.29, 0.717) is 11.3 Å². The predicted molar refractivity (Wildman–Crippen MR) is 128 cm³/mol. The van der Waals surface area contributed by atoms with E-state index in [4.69, 9.17) is 9.90 Å². The molecule has 1 saturated heterocycles. The first-order valence-corrected chi connectivity index (χ1v) is 14.2. The van der Waals surface area contributed by atoms with Gasteiger partial charge in [0, 0.05) is 23.3 Å². The molecule has 1 aromatic carbocycles. The van der Waals surface area contributed by atoms with Crippen LogP contribution in [0.2, 0.25) is 0 Å². The highest BCUT2D eigenvalue weighted by atomic mass is 32.2. The number of sulfonamides is 1. The molecule has 4 N–H and O–H groups in total. The van der Waals surface area contributed by atoms with Crippen molar-refractivity contribution in [2.45, 2.75) is 43.0 Å². The van der Waals surface area contributed by atoms with Crippen LogP contribution in [0.5, 0.6) is 0 Å². The highest BCUT2D eigenvalue weighted by Gasteiger charge is 2.38. The SMILES string of the molecule is CC(O)c1cc2c(-c3ccc(S(=O)(=O)NC4CCS(=O)(=O)CC4)cc3)ccnc2[nH]1.O=C(O)C(F)(F)F. The van der Waals surface area contributed by atoms with Crippen LogP contribution < -0.4 is 4.72 Å². The molecule has 1 fully saturated rings. The smallest absolute Gasteiger partial charge is 0.475 e. The van der Waals surface area contributed by atoms with E-state index in [-0.39, 0.29) is 35.3 Å². The number of fused-ring (bicyclic) bond motifs is 1. The Morgan fingerprint density at radius 3 is 2.24 bits per heavy atom. The van der Waals surface area contributed by atoms with Gasteiger partial charge in [0.1, 0.15) is 15.5 Å². The zero-order valence-electron chi connectivity index (χ0n) is 19.4. The Labute approximate surface area is 210 Å². The third-order valence-electron chi connectivity index (χ3n) is 5.60. The maximum atomic E-state index is 12.7. The zero-order valence-corrected chi connectivity index (χ0v) is 21.0. The molecule has 15 heteroatoms. The number of carboxylic acid groups (broad SMARTS) is 1. The summed E-state index contributed by atoms with van der Waals surface area (Å²) in [5.74, 6) is -2.75. The number of nitrogens with zero attached hydrogens (tertiary/aromatic N) is 1. The largest absolute Gasteiger partial charge is 0.490 e. The molecule has 0 bridgehead atoms. The second kappa shape index (κ2) is 10.8. The molecule has 202 valence electrons. The normalized spacial score (nSPS) is 17.1. The second-order valence-corrected chi connectivity index (χ2v) is 12.4. The minimum atomic E-state index is -5.08. The molecule has 1 aliphatic rings. The van der Waals surface area contributed by atoms with Crippen molar-refractivity contribution in [2.24, 2.45) is 0 Å². The quantitative estimate of drug-likeness (QED) is 0.368. The van der Waals surface area contributed by atoms with E-state index < -0.39 is 38.1 Å². The van der Waals surface area contributed by atoms with Crippen LogP contribution in [-0.4, -0.2) is 66.7 Å². The van der Waals surface area contributed by atoms with Crippen LogP contribution >= 0.6 is 0 Å². The first kappa shape index (κ1) is 28.6. The lowest BCUT2D eigenvalue weighted by molar-refractivity contribution is -0.192. The number of aliphatic hydroxyl groups excluding tert-OH is 1.